The number of rotatable bonds is 8. The number of nitrogens with one attached hydrogen (secondary N) is 1. The molecule has 0 aliphatic rings. The SMILES string of the molecule is CCCNCC(O)Cc1ncnn1CC(C)C. The molecule has 2 N–H and O–H groups in total. The summed E-state index contributed by atoms with van der Waals surface area (Å²) in [4.78, 5) is 4.20. The third-order valence-corrected chi connectivity index (χ3v) is 2.46. The number of aliphatic hydroxyl groups is 1. The van der Waals surface area contributed by atoms with E-state index in [0.717, 1.165) is 25.3 Å². The molecule has 0 saturated carbocycles. The molecule has 1 rings (SSSR count). The van der Waals surface area contributed by atoms with Gasteiger partial charge in [0.25, 0.3) is 0 Å². The first kappa shape index (κ1) is 14.1. The summed E-state index contributed by atoms with van der Waals surface area (Å²) < 4.78 is 1.88. The van der Waals surface area contributed by atoms with Gasteiger partial charge in [-0.25, -0.2) is 9.67 Å². The Balaban J connectivity index is 2.41. The molecule has 0 saturated heterocycles. The predicted molar refractivity (Wildman–Crippen MR) is 67.7 cm³/mol. The highest BCUT2D eigenvalue weighted by molar-refractivity contribution is 4.88. The molecule has 1 aromatic heterocycles. The quantitative estimate of drug-likeness (QED) is 0.661. The summed E-state index contributed by atoms with van der Waals surface area (Å²) in [6.07, 6.45) is 2.81. The van der Waals surface area contributed by atoms with E-state index in [1.165, 1.54) is 0 Å². The lowest BCUT2D eigenvalue weighted by molar-refractivity contribution is 0.167. The molecule has 0 aromatic carbocycles. The lowest BCUT2D eigenvalue weighted by Crippen LogP contribution is -2.30. The van der Waals surface area contributed by atoms with Crippen molar-refractivity contribution in [2.45, 2.75) is 46.3 Å². The molecule has 0 bridgehead atoms. The van der Waals surface area contributed by atoms with Crippen molar-refractivity contribution >= 4 is 0 Å². The Morgan fingerprint density at radius 3 is 2.88 bits per heavy atom. The maximum absolute atomic E-state index is 9.86. The fourth-order valence-electron chi connectivity index (χ4n) is 1.67. The number of aliphatic hydroxyl groups excluding tert-OH is 1. The zero-order valence-corrected chi connectivity index (χ0v) is 11.1. The first-order valence-corrected chi connectivity index (χ1v) is 6.39. The monoisotopic (exact) mass is 240 g/mol. The minimum absolute atomic E-state index is 0.392. The molecule has 1 atom stereocenters. The van der Waals surface area contributed by atoms with Crippen LogP contribution in [0.2, 0.25) is 0 Å². The van der Waals surface area contributed by atoms with Crippen LogP contribution in [0.15, 0.2) is 6.33 Å². The van der Waals surface area contributed by atoms with Crippen LogP contribution in [-0.4, -0.2) is 39.1 Å². The van der Waals surface area contributed by atoms with Gasteiger partial charge in [0.05, 0.1) is 6.10 Å². The first-order chi connectivity index (χ1) is 8.13. The smallest absolute Gasteiger partial charge is 0.138 e. The summed E-state index contributed by atoms with van der Waals surface area (Å²) in [5.74, 6) is 1.40. The van der Waals surface area contributed by atoms with Gasteiger partial charge in [0.1, 0.15) is 12.2 Å². The zero-order chi connectivity index (χ0) is 12.7. The van der Waals surface area contributed by atoms with Crippen LogP contribution in [-0.2, 0) is 13.0 Å². The summed E-state index contributed by atoms with van der Waals surface area (Å²) in [6.45, 7) is 8.80. The van der Waals surface area contributed by atoms with Crippen LogP contribution in [0, 0.1) is 5.92 Å². The normalized spacial score (nSPS) is 13.2. The van der Waals surface area contributed by atoms with Crippen LogP contribution in [0.3, 0.4) is 0 Å². The standard InChI is InChI=1S/C12H24N4O/c1-4-5-13-7-11(17)6-12-14-9-15-16(12)8-10(2)3/h9-11,13,17H,4-8H2,1-3H3. The molecule has 1 heterocycles. The zero-order valence-electron chi connectivity index (χ0n) is 11.1. The van der Waals surface area contributed by atoms with E-state index in [-0.39, 0.29) is 0 Å². The Labute approximate surface area is 103 Å². The van der Waals surface area contributed by atoms with Crippen molar-refractivity contribution in [3.63, 3.8) is 0 Å². The van der Waals surface area contributed by atoms with Gasteiger partial charge in [0.2, 0.25) is 0 Å². The number of nitrogens with zero attached hydrogens (tertiary/aromatic N) is 3. The summed E-state index contributed by atoms with van der Waals surface area (Å²) in [5, 5.41) is 17.2. The van der Waals surface area contributed by atoms with Crippen LogP contribution in [0.4, 0.5) is 0 Å². The van der Waals surface area contributed by atoms with Gasteiger partial charge >= 0.3 is 0 Å². The minimum Gasteiger partial charge on any atom is -0.391 e. The Morgan fingerprint density at radius 1 is 1.47 bits per heavy atom. The molecule has 0 fully saturated rings. The van der Waals surface area contributed by atoms with Crippen LogP contribution in [0.1, 0.15) is 33.0 Å². The van der Waals surface area contributed by atoms with E-state index in [1.807, 2.05) is 4.68 Å². The van der Waals surface area contributed by atoms with Gasteiger partial charge in [0.15, 0.2) is 0 Å². The Bertz CT molecular complexity index is 311. The first-order valence-electron chi connectivity index (χ1n) is 6.39. The highest BCUT2D eigenvalue weighted by Crippen LogP contribution is 2.03. The average Bonchev–Trinajstić information content (AvgIpc) is 2.65. The number of aromatic nitrogens is 3. The molecular formula is C12H24N4O. The maximum atomic E-state index is 9.86. The second kappa shape index (κ2) is 7.40. The molecular weight excluding hydrogens is 216 g/mol. The largest absolute Gasteiger partial charge is 0.391 e. The highest BCUT2D eigenvalue weighted by atomic mass is 16.3. The van der Waals surface area contributed by atoms with Crippen molar-refractivity contribution in [3.8, 4) is 0 Å². The third kappa shape index (κ3) is 5.28. The van der Waals surface area contributed by atoms with Crippen molar-refractivity contribution in [3.05, 3.63) is 12.2 Å². The fraction of sp³-hybridized carbons (Fsp3) is 0.833. The van der Waals surface area contributed by atoms with Gasteiger partial charge in [-0.15, -0.1) is 0 Å². The van der Waals surface area contributed by atoms with Crippen molar-refractivity contribution in [1.29, 1.82) is 0 Å². The van der Waals surface area contributed by atoms with Crippen LogP contribution in [0.25, 0.3) is 0 Å². The fourth-order valence-corrected chi connectivity index (χ4v) is 1.67. The van der Waals surface area contributed by atoms with E-state index in [0.29, 0.717) is 18.9 Å². The molecule has 98 valence electrons. The topological polar surface area (TPSA) is 63.0 Å². The molecule has 1 unspecified atom stereocenters. The molecule has 17 heavy (non-hydrogen) atoms. The minimum atomic E-state index is -0.392. The van der Waals surface area contributed by atoms with Crippen molar-refractivity contribution in [2.75, 3.05) is 13.1 Å². The van der Waals surface area contributed by atoms with Gasteiger partial charge in [0, 0.05) is 19.5 Å². The summed E-state index contributed by atoms with van der Waals surface area (Å²) in [5.41, 5.74) is 0. The molecule has 0 aliphatic heterocycles. The lowest BCUT2D eigenvalue weighted by atomic mass is 10.2. The lowest BCUT2D eigenvalue weighted by Gasteiger charge is -2.13. The molecule has 1 aromatic rings. The summed E-state index contributed by atoms with van der Waals surface area (Å²) in [6, 6.07) is 0. The van der Waals surface area contributed by atoms with Gasteiger partial charge in [-0.1, -0.05) is 20.8 Å². The Hall–Kier alpha value is -0.940. The molecule has 5 nitrogen and oxygen atoms in total. The van der Waals surface area contributed by atoms with E-state index in [1.54, 1.807) is 6.33 Å². The van der Waals surface area contributed by atoms with Crippen molar-refractivity contribution in [1.82, 2.24) is 20.1 Å². The van der Waals surface area contributed by atoms with Gasteiger partial charge < -0.3 is 10.4 Å². The van der Waals surface area contributed by atoms with Gasteiger partial charge in [-0.05, 0) is 18.9 Å². The second-order valence-electron chi connectivity index (χ2n) is 4.81. The van der Waals surface area contributed by atoms with E-state index < -0.39 is 6.10 Å². The maximum Gasteiger partial charge on any atom is 0.138 e. The van der Waals surface area contributed by atoms with Crippen molar-refractivity contribution < 1.29 is 5.11 Å². The van der Waals surface area contributed by atoms with Crippen molar-refractivity contribution in [2.24, 2.45) is 5.92 Å². The van der Waals surface area contributed by atoms with Crippen LogP contribution >= 0.6 is 0 Å². The molecule has 5 heteroatoms. The molecule has 0 radical (unpaired) electrons. The van der Waals surface area contributed by atoms with Crippen LogP contribution < -0.4 is 5.32 Å². The van der Waals surface area contributed by atoms with Gasteiger partial charge in [-0.2, -0.15) is 5.10 Å². The van der Waals surface area contributed by atoms with E-state index in [9.17, 15) is 5.11 Å². The molecule has 0 amide bonds. The summed E-state index contributed by atoms with van der Waals surface area (Å²) >= 11 is 0. The predicted octanol–water partition coefficient (Wildman–Crippen LogP) is 0.837. The molecule has 0 aliphatic carbocycles. The Kier molecular flexibility index (Phi) is 6.15. The Morgan fingerprint density at radius 2 is 2.24 bits per heavy atom. The second-order valence-corrected chi connectivity index (χ2v) is 4.81. The summed E-state index contributed by atoms with van der Waals surface area (Å²) in [7, 11) is 0. The average molecular weight is 240 g/mol. The number of hydrogen-bond acceptors (Lipinski definition) is 4. The van der Waals surface area contributed by atoms with Gasteiger partial charge in [-0.3, -0.25) is 0 Å². The van der Waals surface area contributed by atoms with E-state index >= 15 is 0 Å². The highest BCUT2D eigenvalue weighted by Gasteiger charge is 2.11. The number of hydrogen-bond donors (Lipinski definition) is 2. The molecule has 0 spiro atoms. The van der Waals surface area contributed by atoms with E-state index in [4.69, 9.17) is 0 Å². The van der Waals surface area contributed by atoms with E-state index in [2.05, 4.69) is 36.2 Å². The third-order valence-electron chi connectivity index (χ3n) is 2.46. The van der Waals surface area contributed by atoms with Crippen LogP contribution in [0.5, 0.6) is 0 Å².